The number of hydrogen-bond acceptors (Lipinski definition) is 4. The van der Waals surface area contributed by atoms with Crippen molar-refractivity contribution in [3.05, 3.63) is 63.2 Å². The monoisotopic (exact) mass is 277 g/mol. The molecule has 0 fully saturated rings. The molecule has 0 radical (unpaired) electrons. The molecule has 0 aliphatic rings. The van der Waals surface area contributed by atoms with E-state index in [1.165, 1.54) is 30.3 Å². The van der Waals surface area contributed by atoms with Gasteiger partial charge in [-0.2, -0.15) is 0 Å². The zero-order chi connectivity index (χ0) is 13.8. The molecule has 2 aromatic rings. The predicted octanol–water partition coefficient (Wildman–Crippen LogP) is 3.85. The number of nitrogens with zero attached hydrogens (tertiary/aromatic N) is 1. The van der Waals surface area contributed by atoms with Gasteiger partial charge in [-0.3, -0.25) is 14.9 Å². The molecule has 0 heterocycles. The van der Waals surface area contributed by atoms with E-state index in [-0.39, 0.29) is 17.2 Å². The summed E-state index contributed by atoms with van der Waals surface area (Å²) in [5.74, 6) is 0.516. The number of halogens is 1. The number of rotatable bonds is 4. The van der Waals surface area contributed by atoms with Crippen molar-refractivity contribution in [2.75, 3.05) is 0 Å². The molecule has 0 atom stereocenters. The van der Waals surface area contributed by atoms with Crippen LogP contribution in [0, 0.1) is 10.1 Å². The lowest BCUT2D eigenvalue weighted by Crippen LogP contribution is -1.92. The molecule has 0 unspecified atom stereocenters. The second-order valence-electron chi connectivity index (χ2n) is 3.66. The summed E-state index contributed by atoms with van der Waals surface area (Å²) >= 11 is 5.82. The average molecular weight is 278 g/mol. The average Bonchev–Trinajstić information content (AvgIpc) is 2.39. The minimum absolute atomic E-state index is 0.0906. The van der Waals surface area contributed by atoms with Crippen molar-refractivity contribution in [3.8, 4) is 11.5 Å². The Hall–Kier alpha value is -2.40. The Bertz CT molecular complexity index is 642. The van der Waals surface area contributed by atoms with Gasteiger partial charge in [0.2, 0.25) is 0 Å². The zero-order valence-electron chi connectivity index (χ0n) is 9.58. The van der Waals surface area contributed by atoms with E-state index >= 15 is 0 Å². The van der Waals surface area contributed by atoms with Crippen LogP contribution in [0.1, 0.15) is 10.4 Å². The lowest BCUT2D eigenvalue weighted by Gasteiger charge is -2.08. The second kappa shape index (κ2) is 5.49. The Morgan fingerprint density at radius 2 is 2.00 bits per heavy atom. The number of carbonyl (C=O) groups excluding carboxylic acids is 1. The largest absolute Gasteiger partial charge is 0.456 e. The molecule has 0 saturated heterocycles. The summed E-state index contributed by atoms with van der Waals surface area (Å²) in [7, 11) is 0. The van der Waals surface area contributed by atoms with Crippen molar-refractivity contribution in [1.82, 2.24) is 0 Å². The Labute approximate surface area is 113 Å². The molecular formula is C13H8ClNO4. The lowest BCUT2D eigenvalue weighted by molar-refractivity contribution is -0.384. The van der Waals surface area contributed by atoms with E-state index in [0.717, 1.165) is 0 Å². The van der Waals surface area contributed by atoms with Crippen LogP contribution in [-0.4, -0.2) is 11.2 Å². The van der Waals surface area contributed by atoms with Crippen molar-refractivity contribution in [3.63, 3.8) is 0 Å². The molecule has 0 aliphatic heterocycles. The van der Waals surface area contributed by atoms with Gasteiger partial charge in [-0.1, -0.05) is 17.7 Å². The van der Waals surface area contributed by atoms with Crippen LogP contribution in [0.3, 0.4) is 0 Å². The van der Waals surface area contributed by atoms with Gasteiger partial charge >= 0.3 is 0 Å². The first-order chi connectivity index (χ1) is 9.10. The minimum Gasteiger partial charge on any atom is -0.456 e. The summed E-state index contributed by atoms with van der Waals surface area (Å²) in [4.78, 5) is 21.0. The molecule has 6 heteroatoms. The number of carbonyl (C=O) groups is 1. The summed E-state index contributed by atoms with van der Waals surface area (Å²) < 4.78 is 5.45. The molecule has 0 bridgehead atoms. The SMILES string of the molecule is O=Cc1ccc(Cl)cc1Oc1cccc([N+](=O)[O-])c1. The van der Waals surface area contributed by atoms with Crippen LogP contribution >= 0.6 is 11.6 Å². The van der Waals surface area contributed by atoms with Gasteiger partial charge in [0.05, 0.1) is 16.6 Å². The quantitative estimate of drug-likeness (QED) is 0.483. The van der Waals surface area contributed by atoms with Crippen molar-refractivity contribution in [2.24, 2.45) is 0 Å². The molecule has 0 saturated carbocycles. The summed E-state index contributed by atoms with van der Waals surface area (Å²) in [6.45, 7) is 0. The van der Waals surface area contributed by atoms with Crippen molar-refractivity contribution >= 4 is 23.6 Å². The second-order valence-corrected chi connectivity index (χ2v) is 4.09. The maximum atomic E-state index is 10.9. The third-order valence-electron chi connectivity index (χ3n) is 2.36. The number of aldehydes is 1. The van der Waals surface area contributed by atoms with Gasteiger partial charge in [-0.15, -0.1) is 0 Å². The molecule has 19 heavy (non-hydrogen) atoms. The number of hydrogen-bond donors (Lipinski definition) is 0. The number of nitro groups is 1. The highest BCUT2D eigenvalue weighted by atomic mass is 35.5. The van der Waals surface area contributed by atoms with Crippen molar-refractivity contribution in [1.29, 1.82) is 0 Å². The van der Waals surface area contributed by atoms with Crippen LogP contribution in [0.2, 0.25) is 5.02 Å². The van der Waals surface area contributed by atoms with Crippen LogP contribution in [0.4, 0.5) is 5.69 Å². The topological polar surface area (TPSA) is 69.4 Å². The van der Waals surface area contributed by atoms with Gasteiger partial charge in [0.25, 0.3) is 5.69 Å². The highest BCUT2D eigenvalue weighted by Crippen LogP contribution is 2.29. The van der Waals surface area contributed by atoms with E-state index in [4.69, 9.17) is 16.3 Å². The fourth-order valence-corrected chi connectivity index (χ4v) is 1.64. The molecule has 0 amide bonds. The zero-order valence-corrected chi connectivity index (χ0v) is 10.3. The van der Waals surface area contributed by atoms with Crippen LogP contribution in [0.5, 0.6) is 11.5 Å². The smallest absolute Gasteiger partial charge is 0.273 e. The maximum absolute atomic E-state index is 10.9. The number of nitro benzene ring substituents is 1. The molecule has 0 spiro atoms. The molecule has 96 valence electrons. The van der Waals surface area contributed by atoms with E-state index in [1.54, 1.807) is 12.1 Å². The molecule has 0 N–H and O–H groups in total. The molecule has 0 aromatic heterocycles. The first-order valence-corrected chi connectivity index (χ1v) is 5.65. The van der Waals surface area contributed by atoms with Gasteiger partial charge in [0, 0.05) is 17.2 Å². The van der Waals surface area contributed by atoms with Crippen LogP contribution in [-0.2, 0) is 0 Å². The highest BCUT2D eigenvalue weighted by molar-refractivity contribution is 6.30. The van der Waals surface area contributed by atoms with Crippen molar-refractivity contribution < 1.29 is 14.5 Å². The fourth-order valence-electron chi connectivity index (χ4n) is 1.48. The predicted molar refractivity (Wildman–Crippen MR) is 70.0 cm³/mol. The van der Waals surface area contributed by atoms with Gasteiger partial charge < -0.3 is 4.74 Å². The summed E-state index contributed by atoms with van der Waals surface area (Å²) in [6, 6.07) is 10.2. The van der Waals surface area contributed by atoms with Gasteiger partial charge in [-0.25, -0.2) is 0 Å². The number of ether oxygens (including phenoxy) is 1. The normalized spacial score (nSPS) is 9.95. The third kappa shape index (κ3) is 3.08. The fraction of sp³-hybridized carbons (Fsp3) is 0. The Morgan fingerprint density at radius 1 is 1.21 bits per heavy atom. The van der Waals surface area contributed by atoms with Crippen LogP contribution in [0.25, 0.3) is 0 Å². The van der Waals surface area contributed by atoms with Gasteiger partial charge in [0.1, 0.15) is 11.5 Å². The molecule has 2 rings (SSSR count). The standard InChI is InChI=1S/C13H8ClNO4/c14-10-5-4-9(8-16)13(6-10)19-12-3-1-2-11(7-12)15(17)18/h1-8H. The maximum Gasteiger partial charge on any atom is 0.273 e. The van der Waals surface area contributed by atoms with E-state index in [2.05, 4.69) is 0 Å². The summed E-state index contributed by atoms with van der Waals surface area (Å²) in [5, 5.41) is 11.1. The summed E-state index contributed by atoms with van der Waals surface area (Å²) in [5.41, 5.74) is 0.225. The van der Waals surface area contributed by atoms with E-state index in [0.29, 0.717) is 16.9 Å². The van der Waals surface area contributed by atoms with Crippen LogP contribution in [0.15, 0.2) is 42.5 Å². The molecule has 2 aromatic carbocycles. The lowest BCUT2D eigenvalue weighted by atomic mass is 10.2. The summed E-state index contributed by atoms with van der Waals surface area (Å²) in [6.07, 6.45) is 0.628. The van der Waals surface area contributed by atoms with Gasteiger partial charge in [-0.05, 0) is 18.2 Å². The first kappa shape index (κ1) is 13.0. The molecule has 5 nitrogen and oxygen atoms in total. The third-order valence-corrected chi connectivity index (χ3v) is 2.59. The molecular weight excluding hydrogens is 270 g/mol. The Kier molecular flexibility index (Phi) is 3.77. The number of benzene rings is 2. The minimum atomic E-state index is -0.522. The number of non-ortho nitro benzene ring substituents is 1. The first-order valence-electron chi connectivity index (χ1n) is 5.27. The van der Waals surface area contributed by atoms with E-state index in [9.17, 15) is 14.9 Å². The van der Waals surface area contributed by atoms with Crippen LogP contribution < -0.4 is 4.74 Å². The Balaban J connectivity index is 2.35. The highest BCUT2D eigenvalue weighted by Gasteiger charge is 2.09. The Morgan fingerprint density at radius 3 is 2.68 bits per heavy atom. The van der Waals surface area contributed by atoms with Crippen molar-refractivity contribution in [2.45, 2.75) is 0 Å². The van der Waals surface area contributed by atoms with E-state index < -0.39 is 4.92 Å². The van der Waals surface area contributed by atoms with E-state index in [1.807, 2.05) is 0 Å². The molecule has 0 aliphatic carbocycles. The van der Waals surface area contributed by atoms with Gasteiger partial charge in [0.15, 0.2) is 6.29 Å².